The van der Waals surface area contributed by atoms with Crippen molar-refractivity contribution >= 4 is 11.8 Å². The van der Waals surface area contributed by atoms with Crippen LogP contribution in [0, 0.1) is 0 Å². The highest BCUT2D eigenvalue weighted by Gasteiger charge is 2.16. The molecule has 2 amide bonds. The molecule has 0 aliphatic carbocycles. The highest BCUT2D eigenvalue weighted by molar-refractivity contribution is 6.06. The maximum Gasteiger partial charge on any atom is 0.275 e. The minimum Gasteiger partial charge on any atom is -0.394 e. The number of carbonyl (C=O) groups is 2. The van der Waals surface area contributed by atoms with Gasteiger partial charge in [-0.2, -0.15) is 0 Å². The van der Waals surface area contributed by atoms with Crippen molar-refractivity contribution in [1.82, 2.24) is 11.0 Å². The number of rotatable bonds is 8. The lowest BCUT2D eigenvalue weighted by molar-refractivity contribution is 0.0145. The molecule has 0 bridgehead atoms. The lowest BCUT2D eigenvalue weighted by Crippen LogP contribution is -2.30. The highest BCUT2D eigenvalue weighted by Crippen LogP contribution is 2.08. The van der Waals surface area contributed by atoms with Crippen LogP contribution >= 0.6 is 0 Å². The van der Waals surface area contributed by atoms with Crippen molar-refractivity contribution in [3.8, 4) is 0 Å². The number of benzene rings is 1. The average Bonchev–Trinajstić information content (AvgIpc) is 2.47. The Bertz CT molecular complexity index is 410. The molecule has 0 fully saturated rings. The number of aliphatic hydroxyl groups excluding tert-OH is 2. The molecular formula is C12H16N2O6. The van der Waals surface area contributed by atoms with E-state index in [4.69, 9.17) is 10.2 Å². The second-order valence-corrected chi connectivity index (χ2v) is 3.55. The molecule has 0 heterocycles. The summed E-state index contributed by atoms with van der Waals surface area (Å²) in [6.45, 7) is -0.589. The van der Waals surface area contributed by atoms with E-state index < -0.39 is 11.8 Å². The summed E-state index contributed by atoms with van der Waals surface area (Å²) in [4.78, 5) is 33.0. The third-order valence-corrected chi connectivity index (χ3v) is 2.13. The molecule has 20 heavy (non-hydrogen) atoms. The molecule has 1 rings (SSSR count). The summed E-state index contributed by atoms with van der Waals surface area (Å²) >= 11 is 0. The van der Waals surface area contributed by atoms with Gasteiger partial charge in [0.05, 0.1) is 37.6 Å². The minimum absolute atomic E-state index is 0.0558. The molecule has 110 valence electrons. The average molecular weight is 284 g/mol. The van der Waals surface area contributed by atoms with Gasteiger partial charge in [0.15, 0.2) is 0 Å². The van der Waals surface area contributed by atoms with Crippen LogP contribution < -0.4 is 11.0 Å². The molecule has 8 heteroatoms. The first kappa shape index (κ1) is 16.1. The summed E-state index contributed by atoms with van der Waals surface area (Å²) in [6.07, 6.45) is 0. The van der Waals surface area contributed by atoms with Crippen molar-refractivity contribution in [2.45, 2.75) is 0 Å². The van der Waals surface area contributed by atoms with E-state index in [0.29, 0.717) is 0 Å². The maximum atomic E-state index is 11.8. The summed E-state index contributed by atoms with van der Waals surface area (Å²) in [6, 6.07) is 6.07. The van der Waals surface area contributed by atoms with Crippen molar-refractivity contribution in [2.24, 2.45) is 0 Å². The second kappa shape index (κ2) is 8.99. The van der Waals surface area contributed by atoms with Gasteiger partial charge in [0, 0.05) is 0 Å². The molecule has 1 aromatic carbocycles. The monoisotopic (exact) mass is 284 g/mol. The topological polar surface area (TPSA) is 117 Å². The highest BCUT2D eigenvalue weighted by atomic mass is 16.7. The number of carbonyl (C=O) groups excluding carboxylic acids is 2. The lowest BCUT2D eigenvalue weighted by Gasteiger charge is -2.10. The largest absolute Gasteiger partial charge is 0.394 e. The first-order valence-electron chi connectivity index (χ1n) is 5.85. The summed E-state index contributed by atoms with van der Waals surface area (Å²) < 4.78 is 0. The van der Waals surface area contributed by atoms with Gasteiger partial charge in [-0.25, -0.2) is 11.0 Å². The van der Waals surface area contributed by atoms with Gasteiger partial charge in [-0.05, 0) is 12.1 Å². The third-order valence-electron chi connectivity index (χ3n) is 2.13. The molecule has 0 saturated carbocycles. The molecule has 0 aromatic heterocycles. The Hall–Kier alpha value is -2.00. The molecule has 0 atom stereocenters. The molecule has 0 radical (unpaired) electrons. The quantitative estimate of drug-likeness (QED) is 0.359. The molecule has 4 N–H and O–H groups in total. The van der Waals surface area contributed by atoms with E-state index in [0.717, 1.165) is 0 Å². The Morgan fingerprint density at radius 3 is 1.65 bits per heavy atom. The lowest BCUT2D eigenvalue weighted by atomic mass is 10.1. The van der Waals surface area contributed by atoms with E-state index in [2.05, 4.69) is 20.6 Å². The van der Waals surface area contributed by atoms with Crippen LogP contribution in [0.4, 0.5) is 0 Å². The number of hydroxylamine groups is 2. The fraction of sp³-hybridized carbons (Fsp3) is 0.333. The van der Waals surface area contributed by atoms with E-state index in [9.17, 15) is 9.59 Å². The van der Waals surface area contributed by atoms with Gasteiger partial charge in [-0.15, -0.1) is 0 Å². The molecule has 0 saturated heterocycles. The van der Waals surface area contributed by atoms with Crippen molar-refractivity contribution in [1.29, 1.82) is 0 Å². The van der Waals surface area contributed by atoms with E-state index in [1.807, 2.05) is 0 Å². The van der Waals surface area contributed by atoms with E-state index in [1.54, 1.807) is 12.1 Å². The Morgan fingerprint density at radius 1 is 0.900 bits per heavy atom. The maximum absolute atomic E-state index is 11.8. The van der Waals surface area contributed by atoms with Gasteiger partial charge in [0.25, 0.3) is 11.8 Å². The third kappa shape index (κ3) is 4.94. The summed E-state index contributed by atoms with van der Waals surface area (Å²) in [5.41, 5.74) is 4.39. The Morgan fingerprint density at radius 2 is 1.30 bits per heavy atom. The Balaban J connectivity index is 2.71. The first-order chi connectivity index (χ1) is 9.70. The predicted molar refractivity (Wildman–Crippen MR) is 67.5 cm³/mol. The summed E-state index contributed by atoms with van der Waals surface area (Å²) in [5, 5.41) is 17.1. The van der Waals surface area contributed by atoms with E-state index >= 15 is 0 Å². The standard InChI is InChI=1S/C12H16N2O6/c15-5-7-19-13-11(17)9-3-1-2-4-10(9)12(18)14-20-8-6-16/h1-4,15-16H,5-8H2,(H,13,17)(H,14,18). The number of nitrogens with one attached hydrogen (secondary N) is 2. The normalized spacial score (nSPS) is 10.1. The van der Waals surface area contributed by atoms with Crippen LogP contribution in [0.3, 0.4) is 0 Å². The molecule has 0 unspecified atom stereocenters. The Kier molecular flexibility index (Phi) is 7.22. The van der Waals surface area contributed by atoms with Crippen LogP contribution in [0.2, 0.25) is 0 Å². The van der Waals surface area contributed by atoms with Crippen LogP contribution in [0.1, 0.15) is 20.7 Å². The van der Waals surface area contributed by atoms with E-state index in [1.165, 1.54) is 12.1 Å². The Labute approximate surface area is 115 Å². The minimum atomic E-state index is -0.619. The van der Waals surface area contributed by atoms with Crippen LogP contribution in [-0.2, 0) is 9.68 Å². The first-order valence-corrected chi connectivity index (χ1v) is 5.85. The van der Waals surface area contributed by atoms with Gasteiger partial charge in [-0.1, -0.05) is 12.1 Å². The fourth-order valence-electron chi connectivity index (χ4n) is 1.31. The zero-order valence-corrected chi connectivity index (χ0v) is 10.7. The SMILES string of the molecule is O=C(NOCCO)c1ccccc1C(=O)NOCCO. The van der Waals surface area contributed by atoms with Crippen molar-refractivity contribution in [2.75, 3.05) is 26.4 Å². The fourth-order valence-corrected chi connectivity index (χ4v) is 1.31. The second-order valence-electron chi connectivity index (χ2n) is 3.55. The number of hydrogen-bond acceptors (Lipinski definition) is 6. The number of amides is 2. The molecule has 0 aliphatic heterocycles. The smallest absolute Gasteiger partial charge is 0.275 e. The van der Waals surface area contributed by atoms with Gasteiger partial charge in [0.2, 0.25) is 0 Å². The molecule has 1 aromatic rings. The van der Waals surface area contributed by atoms with Crippen LogP contribution in [0.5, 0.6) is 0 Å². The molecule has 0 aliphatic rings. The molecule has 0 spiro atoms. The number of aliphatic hydroxyl groups is 2. The van der Waals surface area contributed by atoms with Gasteiger partial charge in [-0.3, -0.25) is 19.3 Å². The van der Waals surface area contributed by atoms with E-state index in [-0.39, 0.29) is 37.6 Å². The van der Waals surface area contributed by atoms with Crippen molar-refractivity contribution in [3.63, 3.8) is 0 Å². The summed E-state index contributed by atoms with van der Waals surface area (Å²) in [7, 11) is 0. The van der Waals surface area contributed by atoms with Crippen LogP contribution in [-0.4, -0.2) is 48.5 Å². The molecular weight excluding hydrogens is 268 g/mol. The van der Waals surface area contributed by atoms with Gasteiger partial charge < -0.3 is 10.2 Å². The number of hydrogen-bond donors (Lipinski definition) is 4. The van der Waals surface area contributed by atoms with Crippen LogP contribution in [0.25, 0.3) is 0 Å². The van der Waals surface area contributed by atoms with Crippen LogP contribution in [0.15, 0.2) is 24.3 Å². The van der Waals surface area contributed by atoms with Gasteiger partial charge in [0.1, 0.15) is 0 Å². The molecule has 8 nitrogen and oxygen atoms in total. The zero-order chi connectivity index (χ0) is 14.8. The van der Waals surface area contributed by atoms with Crippen molar-refractivity contribution in [3.05, 3.63) is 35.4 Å². The predicted octanol–water partition coefficient (Wildman–Crippen LogP) is -1.01. The van der Waals surface area contributed by atoms with Gasteiger partial charge >= 0.3 is 0 Å². The summed E-state index contributed by atoms with van der Waals surface area (Å²) in [5.74, 6) is -1.24. The zero-order valence-electron chi connectivity index (χ0n) is 10.7. The van der Waals surface area contributed by atoms with Crippen molar-refractivity contribution < 1.29 is 29.5 Å².